The largest absolute Gasteiger partial charge is 0.380 e. The molecule has 64 valence electrons. The van der Waals surface area contributed by atoms with Crippen molar-refractivity contribution in [3.8, 4) is 0 Å². The van der Waals surface area contributed by atoms with Crippen molar-refractivity contribution in [2.75, 3.05) is 26.1 Å². The van der Waals surface area contributed by atoms with Crippen LogP contribution in [0.4, 0.5) is 0 Å². The van der Waals surface area contributed by atoms with E-state index < -0.39 is 0 Å². The Bertz CT molecular complexity index is 151. The van der Waals surface area contributed by atoms with Crippen LogP contribution in [0.2, 0.25) is 0 Å². The number of alkyl halides is 1. The summed E-state index contributed by atoms with van der Waals surface area (Å²) in [5.74, 6) is 0.0856. The lowest BCUT2D eigenvalue weighted by Gasteiger charge is -2.13. The van der Waals surface area contributed by atoms with Crippen LogP contribution < -0.4 is 0 Å². The molecule has 0 spiro atoms. The lowest BCUT2D eigenvalue weighted by atomic mass is 10.3. The molecule has 1 saturated heterocycles. The van der Waals surface area contributed by atoms with Gasteiger partial charge in [0.05, 0.1) is 6.10 Å². The Balaban J connectivity index is 2.35. The second-order valence-electron chi connectivity index (χ2n) is 2.62. The average Bonchev–Trinajstić information content (AvgIpc) is 2.50. The van der Waals surface area contributed by atoms with Gasteiger partial charge in [-0.25, -0.2) is 0 Å². The summed E-state index contributed by atoms with van der Waals surface area (Å²) in [4.78, 5) is 12.8. The first-order chi connectivity index (χ1) is 5.27. The molecule has 1 atom stereocenters. The lowest BCUT2D eigenvalue weighted by Crippen LogP contribution is -2.30. The molecule has 11 heavy (non-hydrogen) atoms. The van der Waals surface area contributed by atoms with Crippen molar-refractivity contribution in [1.29, 1.82) is 0 Å². The van der Waals surface area contributed by atoms with Gasteiger partial charge in [-0.15, -0.1) is 11.6 Å². The Morgan fingerprint density at radius 3 is 3.00 bits per heavy atom. The number of ether oxygens (including phenoxy) is 1. The second kappa shape index (κ2) is 3.93. The van der Waals surface area contributed by atoms with E-state index in [4.69, 9.17) is 16.3 Å². The lowest BCUT2D eigenvalue weighted by molar-refractivity contribution is -0.127. The molecule has 0 aromatic carbocycles. The van der Waals surface area contributed by atoms with Crippen LogP contribution in [0, 0.1) is 0 Å². The molecular formula is C7H12ClNO2. The molecule has 0 aliphatic carbocycles. The molecule has 0 aromatic heterocycles. The number of nitrogens with zero attached hydrogens (tertiary/aromatic N) is 1. The van der Waals surface area contributed by atoms with Gasteiger partial charge in [0.1, 0.15) is 5.88 Å². The van der Waals surface area contributed by atoms with Crippen LogP contribution in [0.15, 0.2) is 0 Å². The Labute approximate surface area is 71.3 Å². The van der Waals surface area contributed by atoms with Crippen molar-refractivity contribution in [2.45, 2.75) is 12.5 Å². The summed E-state index contributed by atoms with van der Waals surface area (Å²) >= 11 is 5.39. The summed E-state index contributed by atoms with van der Waals surface area (Å²) in [7, 11) is 1.67. The topological polar surface area (TPSA) is 29.5 Å². The van der Waals surface area contributed by atoms with E-state index in [-0.39, 0.29) is 17.9 Å². The van der Waals surface area contributed by atoms with Crippen LogP contribution in [0.5, 0.6) is 0 Å². The zero-order chi connectivity index (χ0) is 8.27. The number of hydrogen-bond acceptors (Lipinski definition) is 2. The number of carbonyl (C=O) groups excluding carboxylic acids is 1. The van der Waals surface area contributed by atoms with E-state index >= 15 is 0 Å². The molecule has 1 heterocycles. The fourth-order valence-corrected chi connectivity index (χ4v) is 1.40. The normalized spacial score (nSPS) is 24.2. The van der Waals surface area contributed by atoms with E-state index in [2.05, 4.69) is 0 Å². The third-order valence-electron chi connectivity index (χ3n) is 1.95. The van der Waals surface area contributed by atoms with E-state index in [9.17, 15) is 4.79 Å². The molecule has 1 amide bonds. The van der Waals surface area contributed by atoms with Gasteiger partial charge < -0.3 is 9.64 Å². The molecule has 0 bridgehead atoms. The SMILES string of the molecule is COC1CCN(C(=O)CCl)C1. The van der Waals surface area contributed by atoms with Crippen LogP contribution in [0.3, 0.4) is 0 Å². The summed E-state index contributed by atoms with van der Waals surface area (Å²) in [6, 6.07) is 0. The van der Waals surface area contributed by atoms with Gasteiger partial charge in [-0.05, 0) is 6.42 Å². The highest BCUT2D eigenvalue weighted by Crippen LogP contribution is 2.11. The molecule has 1 rings (SSSR count). The number of hydrogen-bond donors (Lipinski definition) is 0. The highest BCUT2D eigenvalue weighted by Gasteiger charge is 2.24. The van der Waals surface area contributed by atoms with Gasteiger partial charge >= 0.3 is 0 Å². The zero-order valence-corrected chi connectivity index (χ0v) is 7.30. The summed E-state index contributed by atoms with van der Waals surface area (Å²) in [5, 5.41) is 0. The third kappa shape index (κ3) is 2.07. The molecule has 4 heteroatoms. The van der Waals surface area contributed by atoms with Crippen molar-refractivity contribution in [2.24, 2.45) is 0 Å². The van der Waals surface area contributed by atoms with E-state index in [1.54, 1.807) is 12.0 Å². The predicted octanol–water partition coefficient (Wildman–Crippen LogP) is 0.472. The van der Waals surface area contributed by atoms with Crippen LogP contribution >= 0.6 is 11.6 Å². The van der Waals surface area contributed by atoms with Crippen LogP contribution in [0.25, 0.3) is 0 Å². The minimum absolute atomic E-state index is 0.00576. The number of rotatable bonds is 2. The molecule has 0 aromatic rings. The second-order valence-corrected chi connectivity index (χ2v) is 2.89. The van der Waals surface area contributed by atoms with Gasteiger partial charge in [0.15, 0.2) is 0 Å². The van der Waals surface area contributed by atoms with Gasteiger partial charge in [-0.2, -0.15) is 0 Å². The minimum Gasteiger partial charge on any atom is -0.380 e. The number of carbonyl (C=O) groups is 1. The Hall–Kier alpha value is -0.280. The van der Waals surface area contributed by atoms with E-state index in [0.717, 1.165) is 13.0 Å². The first kappa shape index (κ1) is 8.81. The molecule has 0 N–H and O–H groups in total. The fourth-order valence-electron chi connectivity index (χ4n) is 1.23. The number of amides is 1. The summed E-state index contributed by atoms with van der Waals surface area (Å²) in [5.41, 5.74) is 0. The maximum absolute atomic E-state index is 11.0. The highest BCUT2D eigenvalue weighted by atomic mass is 35.5. The average molecular weight is 178 g/mol. The van der Waals surface area contributed by atoms with Gasteiger partial charge in [0.25, 0.3) is 0 Å². The molecule has 1 aliphatic rings. The third-order valence-corrected chi connectivity index (χ3v) is 2.17. The first-order valence-corrected chi connectivity index (χ1v) is 4.18. The van der Waals surface area contributed by atoms with E-state index in [1.165, 1.54) is 0 Å². The van der Waals surface area contributed by atoms with Gasteiger partial charge in [-0.1, -0.05) is 0 Å². The van der Waals surface area contributed by atoms with Crippen LogP contribution in [0.1, 0.15) is 6.42 Å². The molecule has 1 unspecified atom stereocenters. The molecule has 3 nitrogen and oxygen atoms in total. The maximum Gasteiger partial charge on any atom is 0.237 e. The van der Waals surface area contributed by atoms with Crippen molar-refractivity contribution in [1.82, 2.24) is 4.90 Å². The number of methoxy groups -OCH3 is 1. The molecular weight excluding hydrogens is 166 g/mol. The Morgan fingerprint density at radius 2 is 2.55 bits per heavy atom. The van der Waals surface area contributed by atoms with E-state index in [0.29, 0.717) is 6.54 Å². The monoisotopic (exact) mass is 177 g/mol. The minimum atomic E-state index is 0.00576. The zero-order valence-electron chi connectivity index (χ0n) is 6.55. The van der Waals surface area contributed by atoms with Crippen molar-refractivity contribution >= 4 is 17.5 Å². The quantitative estimate of drug-likeness (QED) is 0.574. The van der Waals surface area contributed by atoms with Crippen molar-refractivity contribution in [3.05, 3.63) is 0 Å². The molecule has 1 fully saturated rings. The fraction of sp³-hybridized carbons (Fsp3) is 0.857. The van der Waals surface area contributed by atoms with Gasteiger partial charge in [0, 0.05) is 20.2 Å². The van der Waals surface area contributed by atoms with Crippen molar-refractivity contribution in [3.63, 3.8) is 0 Å². The van der Waals surface area contributed by atoms with Gasteiger partial charge in [-0.3, -0.25) is 4.79 Å². The molecule has 0 radical (unpaired) electrons. The Morgan fingerprint density at radius 1 is 1.82 bits per heavy atom. The summed E-state index contributed by atoms with van der Waals surface area (Å²) < 4.78 is 5.10. The molecule has 0 saturated carbocycles. The number of halogens is 1. The van der Waals surface area contributed by atoms with Crippen LogP contribution in [-0.4, -0.2) is 43.0 Å². The standard InChI is InChI=1S/C7H12ClNO2/c1-11-6-2-3-9(5-6)7(10)4-8/h6H,2-5H2,1H3. The highest BCUT2D eigenvalue weighted by molar-refractivity contribution is 6.27. The predicted molar refractivity (Wildman–Crippen MR) is 42.7 cm³/mol. The van der Waals surface area contributed by atoms with Crippen molar-refractivity contribution < 1.29 is 9.53 Å². The van der Waals surface area contributed by atoms with Crippen LogP contribution in [-0.2, 0) is 9.53 Å². The molecule has 1 aliphatic heterocycles. The maximum atomic E-state index is 11.0. The number of likely N-dealkylation sites (tertiary alicyclic amines) is 1. The first-order valence-electron chi connectivity index (χ1n) is 3.64. The van der Waals surface area contributed by atoms with E-state index in [1.807, 2.05) is 0 Å². The Kier molecular flexibility index (Phi) is 3.15. The summed E-state index contributed by atoms with van der Waals surface area (Å²) in [6.45, 7) is 1.48. The summed E-state index contributed by atoms with van der Waals surface area (Å²) in [6.07, 6.45) is 1.14. The smallest absolute Gasteiger partial charge is 0.237 e. The van der Waals surface area contributed by atoms with Gasteiger partial charge in [0.2, 0.25) is 5.91 Å².